The van der Waals surface area contributed by atoms with E-state index in [-0.39, 0.29) is 0 Å². The monoisotopic (exact) mass is 438 g/mol. The maximum Gasteiger partial charge on any atom is 0.0919 e. The second kappa shape index (κ2) is 7.49. The Morgan fingerprint density at radius 1 is 0.676 bits per heavy atom. The topological polar surface area (TPSA) is 34.2 Å². The molecule has 1 N–H and O–H groups in total. The van der Waals surface area contributed by atoms with E-state index in [0.29, 0.717) is 6.54 Å². The van der Waals surface area contributed by atoms with Gasteiger partial charge < -0.3 is 14.6 Å². The first kappa shape index (κ1) is 18.9. The van der Waals surface area contributed by atoms with Crippen molar-refractivity contribution in [2.45, 2.75) is 0 Å². The summed E-state index contributed by atoms with van der Waals surface area (Å²) in [5, 5.41) is 8.32. The van der Waals surface area contributed by atoms with Gasteiger partial charge in [0.2, 0.25) is 0 Å². The maximum atomic E-state index is 4.55. The summed E-state index contributed by atoms with van der Waals surface area (Å²) in [6.07, 6.45) is 4.35. The molecule has 3 heterocycles. The molecule has 7 rings (SSSR count). The number of aromatic nitrogens is 2. The molecule has 0 atom stereocenters. The third-order valence-corrected chi connectivity index (χ3v) is 6.64. The fourth-order valence-electron chi connectivity index (χ4n) is 5.06. The number of rotatable bonds is 3. The second-order valence-electron chi connectivity index (χ2n) is 8.64. The summed E-state index contributed by atoms with van der Waals surface area (Å²) >= 11 is 0. The zero-order valence-electron chi connectivity index (χ0n) is 18.5. The Morgan fingerprint density at radius 3 is 2.29 bits per heavy atom. The molecule has 4 aromatic carbocycles. The van der Waals surface area contributed by atoms with Gasteiger partial charge in [-0.3, -0.25) is 0 Å². The molecule has 1 aliphatic heterocycles. The molecule has 0 amide bonds. The van der Waals surface area contributed by atoms with Crippen LogP contribution in [0.5, 0.6) is 0 Å². The molecule has 162 valence electrons. The van der Waals surface area contributed by atoms with Crippen LogP contribution in [0.1, 0.15) is 5.56 Å². The van der Waals surface area contributed by atoms with E-state index in [1.165, 1.54) is 44.1 Å². The highest BCUT2D eigenvalue weighted by atomic mass is 15.3. The Kier molecular flexibility index (Phi) is 4.18. The van der Waals surface area contributed by atoms with Crippen molar-refractivity contribution in [3.63, 3.8) is 0 Å². The van der Waals surface area contributed by atoms with E-state index in [1.54, 1.807) is 0 Å². The van der Waals surface area contributed by atoms with Crippen LogP contribution in [0.3, 0.4) is 0 Å². The van der Waals surface area contributed by atoms with E-state index in [9.17, 15) is 0 Å². The van der Waals surface area contributed by atoms with Gasteiger partial charge in [0.1, 0.15) is 0 Å². The summed E-state index contributed by atoms with van der Waals surface area (Å²) in [6.45, 7) is 0.680. The average molecular weight is 439 g/mol. The molecule has 0 bridgehead atoms. The van der Waals surface area contributed by atoms with Crippen LogP contribution in [0.15, 0.2) is 121 Å². The lowest BCUT2D eigenvalue weighted by Gasteiger charge is -2.17. The van der Waals surface area contributed by atoms with E-state index in [4.69, 9.17) is 0 Å². The minimum Gasteiger partial charge on any atom is -0.318 e. The Bertz CT molecular complexity index is 1730. The standard InChI is InChI=1S/C30H22N4/c1-3-9-21(10-4-1)27-18-24(20-31-32-27)33-16-15-22-17-26-25-13-7-8-14-28(25)34(30(26)19-29(22)33)23-11-5-2-6-12-23/h1-19,31H,20H2. The summed E-state index contributed by atoms with van der Waals surface area (Å²) in [7, 11) is 0. The molecule has 2 aromatic heterocycles. The van der Waals surface area contributed by atoms with Crippen LogP contribution in [0.2, 0.25) is 0 Å². The Labute approximate surface area is 197 Å². The van der Waals surface area contributed by atoms with Crippen molar-refractivity contribution in [3.05, 3.63) is 121 Å². The first-order valence-corrected chi connectivity index (χ1v) is 11.5. The van der Waals surface area contributed by atoms with E-state index >= 15 is 0 Å². The lowest BCUT2D eigenvalue weighted by molar-refractivity contribution is 0.803. The van der Waals surface area contributed by atoms with Gasteiger partial charge in [-0.05, 0) is 42.5 Å². The summed E-state index contributed by atoms with van der Waals surface area (Å²) in [5.74, 6) is 0. The van der Waals surface area contributed by atoms with Crippen molar-refractivity contribution in [2.24, 2.45) is 5.10 Å². The van der Waals surface area contributed by atoms with Gasteiger partial charge in [0, 0.05) is 39.3 Å². The first-order chi connectivity index (χ1) is 16.9. The van der Waals surface area contributed by atoms with Crippen LogP contribution < -0.4 is 5.43 Å². The fourth-order valence-corrected chi connectivity index (χ4v) is 5.06. The third kappa shape index (κ3) is 2.89. The van der Waals surface area contributed by atoms with Crippen LogP contribution in [-0.2, 0) is 0 Å². The van der Waals surface area contributed by atoms with Gasteiger partial charge >= 0.3 is 0 Å². The molecule has 6 aromatic rings. The van der Waals surface area contributed by atoms with Crippen LogP contribution in [0.4, 0.5) is 0 Å². The molecular weight excluding hydrogens is 416 g/mol. The number of nitrogens with zero attached hydrogens (tertiary/aromatic N) is 3. The number of nitrogens with one attached hydrogen (secondary N) is 1. The van der Waals surface area contributed by atoms with Crippen molar-refractivity contribution in [3.8, 4) is 5.69 Å². The van der Waals surface area contributed by atoms with Gasteiger partial charge in [0.05, 0.1) is 28.8 Å². The van der Waals surface area contributed by atoms with Crippen molar-refractivity contribution in [2.75, 3.05) is 6.54 Å². The zero-order chi connectivity index (χ0) is 22.5. The molecule has 0 spiro atoms. The predicted molar refractivity (Wildman–Crippen MR) is 142 cm³/mol. The van der Waals surface area contributed by atoms with E-state index < -0.39 is 0 Å². The van der Waals surface area contributed by atoms with Gasteiger partial charge in [0.15, 0.2) is 0 Å². The Morgan fingerprint density at radius 2 is 1.44 bits per heavy atom. The number of hydrogen-bond donors (Lipinski definition) is 1. The number of benzene rings is 4. The quantitative estimate of drug-likeness (QED) is 0.332. The molecule has 0 radical (unpaired) electrons. The number of hydrazone groups is 1. The molecule has 0 aliphatic carbocycles. The van der Waals surface area contributed by atoms with Crippen LogP contribution in [0.25, 0.3) is 44.1 Å². The highest BCUT2D eigenvalue weighted by Crippen LogP contribution is 2.35. The second-order valence-corrected chi connectivity index (χ2v) is 8.64. The predicted octanol–water partition coefficient (Wildman–Crippen LogP) is 6.59. The van der Waals surface area contributed by atoms with Crippen molar-refractivity contribution >= 4 is 44.1 Å². The van der Waals surface area contributed by atoms with Gasteiger partial charge in [0.25, 0.3) is 0 Å². The zero-order valence-corrected chi connectivity index (χ0v) is 18.5. The first-order valence-electron chi connectivity index (χ1n) is 11.5. The fraction of sp³-hybridized carbons (Fsp3) is 0.0333. The van der Waals surface area contributed by atoms with Gasteiger partial charge in [-0.25, -0.2) is 0 Å². The number of para-hydroxylation sites is 2. The molecular formula is C30H22N4. The van der Waals surface area contributed by atoms with E-state index in [0.717, 1.165) is 11.3 Å². The summed E-state index contributed by atoms with van der Waals surface area (Å²) < 4.78 is 4.65. The van der Waals surface area contributed by atoms with Gasteiger partial charge in [-0.2, -0.15) is 5.10 Å². The third-order valence-electron chi connectivity index (χ3n) is 6.64. The van der Waals surface area contributed by atoms with Crippen molar-refractivity contribution in [1.29, 1.82) is 0 Å². The van der Waals surface area contributed by atoms with Crippen molar-refractivity contribution in [1.82, 2.24) is 14.6 Å². The molecule has 4 nitrogen and oxygen atoms in total. The van der Waals surface area contributed by atoms with E-state index in [2.05, 4.69) is 117 Å². The maximum absolute atomic E-state index is 4.55. The Hall–Kier alpha value is -4.57. The SMILES string of the molecule is C1=C(n2ccc3cc4c5ccccc5n(-c5ccccc5)c4cc32)CNN=C1c1ccccc1. The van der Waals surface area contributed by atoms with Crippen LogP contribution >= 0.6 is 0 Å². The van der Waals surface area contributed by atoms with Gasteiger partial charge in [-0.1, -0.05) is 66.7 Å². The Balaban J connectivity index is 1.46. The number of allylic oxidation sites excluding steroid dienone is 1. The highest BCUT2D eigenvalue weighted by Gasteiger charge is 2.16. The van der Waals surface area contributed by atoms with Crippen LogP contribution in [-0.4, -0.2) is 21.4 Å². The lowest BCUT2D eigenvalue weighted by Crippen LogP contribution is -2.21. The molecule has 0 fully saturated rings. The summed E-state index contributed by atoms with van der Waals surface area (Å²) in [5.41, 5.74) is 11.2. The average Bonchev–Trinajstić information content (AvgIpc) is 3.47. The molecule has 0 saturated carbocycles. The number of hydrogen-bond acceptors (Lipinski definition) is 2. The summed E-state index contributed by atoms with van der Waals surface area (Å²) in [6, 6.07) is 36.4. The minimum atomic E-state index is 0.680. The van der Waals surface area contributed by atoms with Gasteiger partial charge in [-0.15, -0.1) is 0 Å². The largest absolute Gasteiger partial charge is 0.318 e. The van der Waals surface area contributed by atoms with Crippen molar-refractivity contribution < 1.29 is 0 Å². The summed E-state index contributed by atoms with van der Waals surface area (Å²) in [4.78, 5) is 0. The van der Waals surface area contributed by atoms with Crippen LogP contribution in [0, 0.1) is 0 Å². The lowest BCUT2D eigenvalue weighted by atomic mass is 10.1. The van der Waals surface area contributed by atoms with E-state index in [1.807, 2.05) is 18.2 Å². The molecule has 4 heteroatoms. The normalized spacial score (nSPS) is 13.8. The number of fused-ring (bicyclic) bond motifs is 4. The molecule has 0 saturated heterocycles. The smallest absolute Gasteiger partial charge is 0.0919 e. The molecule has 34 heavy (non-hydrogen) atoms. The molecule has 1 aliphatic rings. The molecule has 0 unspecified atom stereocenters. The highest BCUT2D eigenvalue weighted by molar-refractivity contribution is 6.14. The minimum absolute atomic E-state index is 0.680.